The molecule has 0 radical (unpaired) electrons. The van der Waals surface area contributed by atoms with Crippen molar-refractivity contribution in [3.05, 3.63) is 101 Å². The van der Waals surface area contributed by atoms with Gasteiger partial charge in [-0.2, -0.15) is 0 Å². The zero-order valence-corrected chi connectivity index (χ0v) is 22.0. The summed E-state index contributed by atoms with van der Waals surface area (Å²) in [5.41, 5.74) is 5.79. The van der Waals surface area contributed by atoms with Crippen molar-refractivity contribution in [2.24, 2.45) is 0 Å². The summed E-state index contributed by atoms with van der Waals surface area (Å²) >= 11 is 0. The van der Waals surface area contributed by atoms with Gasteiger partial charge in [-0.25, -0.2) is 4.79 Å². The molecule has 0 bridgehead atoms. The number of hydrogen-bond donors (Lipinski definition) is 1. The highest BCUT2D eigenvalue weighted by atomic mass is 16.5. The van der Waals surface area contributed by atoms with E-state index in [2.05, 4.69) is 71.7 Å². The van der Waals surface area contributed by atoms with Gasteiger partial charge in [0.2, 0.25) is 0 Å². The highest BCUT2D eigenvalue weighted by Crippen LogP contribution is 2.40. The predicted molar refractivity (Wildman–Crippen MR) is 150 cm³/mol. The van der Waals surface area contributed by atoms with Crippen LogP contribution >= 0.6 is 0 Å². The van der Waals surface area contributed by atoms with E-state index in [1.807, 2.05) is 38.1 Å². The number of carbonyl (C=O) groups is 1. The zero-order valence-electron chi connectivity index (χ0n) is 22.0. The Kier molecular flexibility index (Phi) is 7.15. The molecule has 0 fully saturated rings. The van der Waals surface area contributed by atoms with Gasteiger partial charge in [0.1, 0.15) is 11.9 Å². The average Bonchev–Trinajstić information content (AvgIpc) is 2.92. The molecule has 5 rings (SSSR count). The Balaban J connectivity index is 1.35. The van der Waals surface area contributed by atoms with Gasteiger partial charge >= 0.3 is 5.97 Å². The summed E-state index contributed by atoms with van der Waals surface area (Å²) in [7, 11) is 1.43. The Hall–Kier alpha value is -3.83. The number of anilines is 2. The Morgan fingerprint density at radius 1 is 1.00 bits per heavy atom. The van der Waals surface area contributed by atoms with Gasteiger partial charge in [-0.05, 0) is 79.4 Å². The number of methoxy groups -OCH3 is 1. The molecule has 4 aromatic carbocycles. The average molecular weight is 495 g/mol. The molecule has 190 valence electrons. The minimum absolute atomic E-state index is 0.00407. The molecule has 1 unspecified atom stereocenters. The number of para-hydroxylation sites is 2. The van der Waals surface area contributed by atoms with Gasteiger partial charge in [-0.1, -0.05) is 60.7 Å². The van der Waals surface area contributed by atoms with Crippen LogP contribution in [0.15, 0.2) is 78.9 Å². The van der Waals surface area contributed by atoms with Crippen molar-refractivity contribution in [3.8, 4) is 5.75 Å². The summed E-state index contributed by atoms with van der Waals surface area (Å²) in [4.78, 5) is 14.8. The maximum atomic E-state index is 12.5. The van der Waals surface area contributed by atoms with Crippen molar-refractivity contribution in [2.45, 2.75) is 39.3 Å². The molecule has 5 heteroatoms. The zero-order chi connectivity index (χ0) is 25.9. The number of fused-ring (bicyclic) bond motifs is 2. The largest absolute Gasteiger partial charge is 0.486 e. The fraction of sp³-hybridized carbons (Fsp3) is 0.281. The lowest BCUT2D eigenvalue weighted by Crippen LogP contribution is -2.39. The molecule has 2 atom stereocenters. The third-order valence-corrected chi connectivity index (χ3v) is 7.37. The summed E-state index contributed by atoms with van der Waals surface area (Å²) < 4.78 is 11.5. The van der Waals surface area contributed by atoms with E-state index in [-0.39, 0.29) is 18.1 Å². The Labute approximate surface area is 219 Å². The third kappa shape index (κ3) is 4.92. The number of esters is 1. The van der Waals surface area contributed by atoms with E-state index in [1.165, 1.54) is 23.4 Å². The van der Waals surface area contributed by atoms with Crippen LogP contribution in [-0.4, -0.2) is 32.3 Å². The number of nitrogens with one attached hydrogen (secondary N) is 1. The van der Waals surface area contributed by atoms with E-state index in [1.54, 1.807) is 0 Å². The lowest BCUT2D eigenvalue weighted by molar-refractivity contribution is 0.0599. The molecule has 0 aliphatic carbocycles. The molecule has 37 heavy (non-hydrogen) atoms. The van der Waals surface area contributed by atoms with Gasteiger partial charge in [-0.15, -0.1) is 0 Å². The number of aryl methyl sites for hydroxylation is 1. The fourth-order valence-corrected chi connectivity index (χ4v) is 5.42. The lowest BCUT2D eigenvalue weighted by Gasteiger charge is -2.37. The minimum atomic E-state index is -0.304. The number of carbonyl (C=O) groups excluding carboxylic acids is 1. The molecule has 0 saturated carbocycles. The topological polar surface area (TPSA) is 50.8 Å². The van der Waals surface area contributed by atoms with Crippen LogP contribution in [0.4, 0.5) is 11.4 Å². The van der Waals surface area contributed by atoms with Gasteiger partial charge in [0, 0.05) is 11.7 Å². The first-order valence-corrected chi connectivity index (χ1v) is 12.9. The van der Waals surface area contributed by atoms with Crippen LogP contribution in [0.5, 0.6) is 5.75 Å². The van der Waals surface area contributed by atoms with Crippen LogP contribution in [-0.2, 0) is 4.74 Å². The number of nitrogens with zero attached hydrogens (tertiary/aromatic N) is 1. The van der Waals surface area contributed by atoms with Crippen LogP contribution in [0.3, 0.4) is 0 Å². The van der Waals surface area contributed by atoms with E-state index >= 15 is 0 Å². The highest BCUT2D eigenvalue weighted by molar-refractivity contribution is 5.95. The molecular weight excluding hydrogens is 460 g/mol. The number of rotatable bonds is 7. The SMILES string of the molecule is COC(=O)c1c(C)ccc(N2CC(CCN[C@H](C)c3cccc4ccccc34)Oc3ccccc32)c1C. The van der Waals surface area contributed by atoms with Gasteiger partial charge in [0.05, 0.1) is 24.9 Å². The second-order valence-electron chi connectivity index (χ2n) is 9.74. The number of benzene rings is 4. The van der Waals surface area contributed by atoms with E-state index in [4.69, 9.17) is 9.47 Å². The predicted octanol–water partition coefficient (Wildman–Crippen LogP) is 6.88. The Morgan fingerprint density at radius 3 is 2.59 bits per heavy atom. The Bertz CT molecular complexity index is 1430. The molecule has 1 aliphatic heterocycles. The van der Waals surface area contributed by atoms with Crippen LogP contribution in [0, 0.1) is 13.8 Å². The maximum Gasteiger partial charge on any atom is 0.338 e. The summed E-state index contributed by atoms with van der Waals surface area (Å²) in [5, 5.41) is 6.26. The van der Waals surface area contributed by atoms with Crippen LogP contribution in [0.2, 0.25) is 0 Å². The quantitative estimate of drug-likeness (QED) is 0.284. The molecule has 1 N–H and O–H groups in total. The van der Waals surface area contributed by atoms with Gasteiger partial charge in [-0.3, -0.25) is 0 Å². The summed E-state index contributed by atoms with van der Waals surface area (Å²) in [6.07, 6.45) is 0.860. The standard InChI is InChI=1S/C32H34N2O3/c1-21-16-17-28(22(2)31(21)32(35)36-4)34-20-25(37-30-15-8-7-14-29(30)34)18-19-33-23(3)26-13-9-11-24-10-5-6-12-27(24)26/h5-17,23,25,33H,18-20H2,1-4H3/t23-,25?/m1/s1. The molecule has 4 aromatic rings. The van der Waals surface area contributed by atoms with Crippen molar-refractivity contribution in [1.29, 1.82) is 0 Å². The van der Waals surface area contributed by atoms with E-state index < -0.39 is 0 Å². The summed E-state index contributed by atoms with van der Waals surface area (Å²) in [6.45, 7) is 7.68. The first-order chi connectivity index (χ1) is 18.0. The first-order valence-electron chi connectivity index (χ1n) is 12.9. The molecule has 0 saturated heterocycles. The lowest BCUT2D eigenvalue weighted by atomic mass is 9.98. The van der Waals surface area contributed by atoms with Crippen molar-refractivity contribution in [2.75, 3.05) is 25.1 Å². The summed E-state index contributed by atoms with van der Waals surface area (Å²) in [5.74, 6) is 0.557. The van der Waals surface area contributed by atoms with Crippen molar-refractivity contribution >= 4 is 28.1 Å². The van der Waals surface area contributed by atoms with Crippen molar-refractivity contribution in [1.82, 2.24) is 5.32 Å². The molecule has 0 amide bonds. The molecule has 1 heterocycles. The monoisotopic (exact) mass is 494 g/mol. The normalized spacial score (nSPS) is 15.7. The van der Waals surface area contributed by atoms with Crippen LogP contribution in [0.25, 0.3) is 10.8 Å². The van der Waals surface area contributed by atoms with E-state index in [0.717, 1.165) is 41.2 Å². The Morgan fingerprint density at radius 2 is 1.76 bits per heavy atom. The molecule has 5 nitrogen and oxygen atoms in total. The minimum Gasteiger partial charge on any atom is -0.486 e. The first kappa shape index (κ1) is 24.8. The number of hydrogen-bond acceptors (Lipinski definition) is 5. The molecule has 0 spiro atoms. The molecule has 1 aliphatic rings. The van der Waals surface area contributed by atoms with Crippen LogP contribution < -0.4 is 15.0 Å². The maximum absolute atomic E-state index is 12.5. The van der Waals surface area contributed by atoms with Gasteiger partial charge in [0.25, 0.3) is 0 Å². The second-order valence-corrected chi connectivity index (χ2v) is 9.74. The molecular formula is C32H34N2O3. The van der Waals surface area contributed by atoms with Gasteiger partial charge < -0.3 is 19.7 Å². The highest BCUT2D eigenvalue weighted by Gasteiger charge is 2.29. The molecule has 0 aromatic heterocycles. The van der Waals surface area contributed by atoms with Crippen molar-refractivity contribution < 1.29 is 14.3 Å². The van der Waals surface area contributed by atoms with Crippen LogP contribution in [0.1, 0.15) is 46.4 Å². The van der Waals surface area contributed by atoms with E-state index in [0.29, 0.717) is 12.1 Å². The second kappa shape index (κ2) is 10.7. The van der Waals surface area contributed by atoms with Gasteiger partial charge in [0.15, 0.2) is 0 Å². The number of ether oxygens (including phenoxy) is 2. The smallest absolute Gasteiger partial charge is 0.338 e. The van der Waals surface area contributed by atoms with Crippen molar-refractivity contribution in [3.63, 3.8) is 0 Å². The third-order valence-electron chi connectivity index (χ3n) is 7.37. The van der Waals surface area contributed by atoms with E-state index in [9.17, 15) is 4.79 Å². The summed E-state index contributed by atoms with van der Waals surface area (Å²) in [6, 6.07) is 27.4. The fourth-order valence-electron chi connectivity index (χ4n) is 5.42.